The molecule has 4 rings (SSSR count). The van der Waals surface area contributed by atoms with E-state index in [4.69, 9.17) is 14.2 Å². The molecule has 0 aromatic heterocycles. The zero-order chi connectivity index (χ0) is 21.8. The number of hydrogen-bond acceptors (Lipinski definition) is 3. The highest BCUT2D eigenvalue weighted by Gasteiger charge is 2.04. The molecule has 0 spiro atoms. The van der Waals surface area contributed by atoms with Gasteiger partial charge in [0, 0.05) is 8.95 Å². The van der Waals surface area contributed by atoms with E-state index < -0.39 is 0 Å². The van der Waals surface area contributed by atoms with Gasteiger partial charge in [0.1, 0.15) is 34.5 Å². The Kier molecular flexibility index (Phi) is 6.64. The first-order valence-electron chi connectivity index (χ1n) is 9.72. The molecule has 0 saturated heterocycles. The predicted molar refractivity (Wildman–Crippen MR) is 131 cm³/mol. The van der Waals surface area contributed by atoms with Gasteiger partial charge in [-0.15, -0.1) is 0 Å². The maximum absolute atomic E-state index is 5.93. The molecule has 0 aliphatic rings. The highest BCUT2D eigenvalue weighted by molar-refractivity contribution is 9.10. The second-order valence-corrected chi connectivity index (χ2v) is 8.78. The molecule has 0 amide bonds. The molecular formula is C26H20Br2O3. The fourth-order valence-corrected chi connectivity index (χ4v) is 3.41. The smallest absolute Gasteiger partial charge is 0.127 e. The van der Waals surface area contributed by atoms with Crippen LogP contribution in [-0.4, -0.2) is 0 Å². The van der Waals surface area contributed by atoms with Crippen molar-refractivity contribution in [2.24, 2.45) is 0 Å². The summed E-state index contributed by atoms with van der Waals surface area (Å²) in [7, 11) is 0. The van der Waals surface area contributed by atoms with Crippen molar-refractivity contribution in [3.63, 3.8) is 0 Å². The van der Waals surface area contributed by atoms with Crippen molar-refractivity contribution in [1.29, 1.82) is 0 Å². The molecule has 0 heterocycles. The van der Waals surface area contributed by atoms with E-state index >= 15 is 0 Å². The summed E-state index contributed by atoms with van der Waals surface area (Å²) in [4.78, 5) is 0. The Balaban J connectivity index is 1.37. The maximum atomic E-state index is 5.93. The summed E-state index contributed by atoms with van der Waals surface area (Å²) in [5, 5.41) is 0. The Morgan fingerprint density at radius 3 is 0.968 bits per heavy atom. The molecule has 5 heteroatoms. The van der Waals surface area contributed by atoms with Crippen LogP contribution in [0.1, 0.15) is 11.1 Å². The quantitative estimate of drug-likeness (QED) is 0.244. The molecule has 0 bridgehead atoms. The Bertz CT molecular complexity index is 1090. The van der Waals surface area contributed by atoms with E-state index in [0.29, 0.717) is 0 Å². The number of aryl methyl sites for hydroxylation is 2. The lowest BCUT2D eigenvalue weighted by Crippen LogP contribution is -1.88. The van der Waals surface area contributed by atoms with E-state index in [9.17, 15) is 0 Å². The number of halogens is 2. The van der Waals surface area contributed by atoms with E-state index in [2.05, 4.69) is 31.9 Å². The van der Waals surface area contributed by atoms with E-state index in [1.807, 2.05) is 98.8 Å². The highest BCUT2D eigenvalue weighted by atomic mass is 79.9. The number of benzene rings is 4. The first kappa shape index (κ1) is 21.5. The summed E-state index contributed by atoms with van der Waals surface area (Å²) in [6, 6.07) is 26.9. The van der Waals surface area contributed by atoms with Gasteiger partial charge in [-0.2, -0.15) is 0 Å². The SMILES string of the molecule is Cc1cc(Oc2ccc(Oc3ccc(Oc4ccc(Br)c(C)c4)cc3)cc2)ccc1Br. The van der Waals surface area contributed by atoms with Crippen LogP contribution in [0.2, 0.25) is 0 Å². The van der Waals surface area contributed by atoms with E-state index in [0.717, 1.165) is 54.6 Å². The molecule has 0 aliphatic carbocycles. The summed E-state index contributed by atoms with van der Waals surface area (Å²) in [6.07, 6.45) is 0. The zero-order valence-corrected chi connectivity index (χ0v) is 20.2. The molecule has 4 aromatic rings. The molecule has 31 heavy (non-hydrogen) atoms. The Morgan fingerprint density at radius 2 is 0.677 bits per heavy atom. The summed E-state index contributed by atoms with van der Waals surface area (Å²) in [5.41, 5.74) is 2.25. The lowest BCUT2D eigenvalue weighted by atomic mass is 10.2. The van der Waals surface area contributed by atoms with Gasteiger partial charge in [-0.25, -0.2) is 0 Å². The van der Waals surface area contributed by atoms with Crippen LogP contribution in [0.25, 0.3) is 0 Å². The van der Waals surface area contributed by atoms with Crippen LogP contribution in [-0.2, 0) is 0 Å². The van der Waals surface area contributed by atoms with Crippen LogP contribution >= 0.6 is 31.9 Å². The maximum Gasteiger partial charge on any atom is 0.127 e. The van der Waals surface area contributed by atoms with Crippen molar-refractivity contribution >= 4 is 31.9 Å². The van der Waals surface area contributed by atoms with Crippen LogP contribution in [0, 0.1) is 13.8 Å². The molecule has 0 N–H and O–H groups in total. The largest absolute Gasteiger partial charge is 0.457 e. The molecular weight excluding hydrogens is 520 g/mol. The van der Waals surface area contributed by atoms with Gasteiger partial charge >= 0.3 is 0 Å². The topological polar surface area (TPSA) is 27.7 Å². The lowest BCUT2D eigenvalue weighted by molar-refractivity contribution is 0.464. The first-order chi connectivity index (χ1) is 15.0. The second kappa shape index (κ2) is 9.58. The molecule has 0 radical (unpaired) electrons. The van der Waals surface area contributed by atoms with Crippen LogP contribution in [0.3, 0.4) is 0 Å². The minimum Gasteiger partial charge on any atom is -0.457 e. The molecule has 0 atom stereocenters. The van der Waals surface area contributed by atoms with Crippen molar-refractivity contribution in [2.75, 3.05) is 0 Å². The molecule has 3 nitrogen and oxygen atoms in total. The van der Waals surface area contributed by atoms with Gasteiger partial charge < -0.3 is 14.2 Å². The number of ether oxygens (including phenoxy) is 3. The third-order valence-electron chi connectivity index (χ3n) is 4.61. The standard InChI is InChI=1S/C26H20Br2O3/c1-17-15-23(11-13-25(17)27)30-21-7-3-19(4-8-21)29-20-5-9-22(10-6-20)31-24-12-14-26(28)18(2)16-24/h3-16H,1-2H3. The average molecular weight is 540 g/mol. The van der Waals surface area contributed by atoms with Crippen molar-refractivity contribution < 1.29 is 14.2 Å². The molecule has 0 saturated carbocycles. The van der Waals surface area contributed by atoms with Crippen LogP contribution < -0.4 is 14.2 Å². The Morgan fingerprint density at radius 1 is 0.419 bits per heavy atom. The number of hydrogen-bond donors (Lipinski definition) is 0. The third-order valence-corrected chi connectivity index (χ3v) is 6.39. The van der Waals surface area contributed by atoms with Gasteiger partial charge in [-0.1, -0.05) is 31.9 Å². The minimum atomic E-state index is 0.733. The van der Waals surface area contributed by atoms with Crippen molar-refractivity contribution in [2.45, 2.75) is 13.8 Å². The van der Waals surface area contributed by atoms with Gasteiger partial charge in [-0.3, -0.25) is 0 Å². The van der Waals surface area contributed by atoms with Crippen LogP contribution in [0.15, 0.2) is 93.9 Å². The highest BCUT2D eigenvalue weighted by Crippen LogP contribution is 2.31. The van der Waals surface area contributed by atoms with Gasteiger partial charge in [0.15, 0.2) is 0 Å². The molecule has 0 fully saturated rings. The van der Waals surface area contributed by atoms with Gasteiger partial charge in [-0.05, 0) is 110 Å². The van der Waals surface area contributed by atoms with Crippen LogP contribution in [0.4, 0.5) is 0 Å². The van der Waals surface area contributed by atoms with Gasteiger partial charge in [0.05, 0.1) is 0 Å². The minimum absolute atomic E-state index is 0.733. The molecule has 4 aromatic carbocycles. The predicted octanol–water partition coefficient (Wildman–Crippen LogP) is 9.21. The fraction of sp³-hybridized carbons (Fsp3) is 0.0769. The van der Waals surface area contributed by atoms with Crippen LogP contribution in [0.5, 0.6) is 34.5 Å². The summed E-state index contributed by atoms with van der Waals surface area (Å²) < 4.78 is 19.9. The summed E-state index contributed by atoms with van der Waals surface area (Å²) in [5.74, 6) is 4.56. The second-order valence-electron chi connectivity index (χ2n) is 7.07. The van der Waals surface area contributed by atoms with E-state index in [1.165, 1.54) is 0 Å². The van der Waals surface area contributed by atoms with Crippen molar-refractivity contribution in [3.8, 4) is 34.5 Å². The van der Waals surface area contributed by atoms with E-state index in [1.54, 1.807) is 0 Å². The summed E-state index contributed by atoms with van der Waals surface area (Å²) >= 11 is 7.00. The zero-order valence-electron chi connectivity index (χ0n) is 17.1. The monoisotopic (exact) mass is 538 g/mol. The first-order valence-corrected chi connectivity index (χ1v) is 11.3. The lowest BCUT2D eigenvalue weighted by Gasteiger charge is -2.10. The third kappa shape index (κ3) is 5.69. The number of rotatable bonds is 6. The molecule has 0 unspecified atom stereocenters. The Labute approximate surface area is 198 Å². The van der Waals surface area contributed by atoms with E-state index in [-0.39, 0.29) is 0 Å². The van der Waals surface area contributed by atoms with Crippen molar-refractivity contribution in [3.05, 3.63) is 105 Å². The normalized spacial score (nSPS) is 10.6. The fourth-order valence-electron chi connectivity index (χ4n) is 2.92. The summed E-state index contributed by atoms with van der Waals surface area (Å²) in [6.45, 7) is 4.06. The van der Waals surface area contributed by atoms with Crippen molar-refractivity contribution in [1.82, 2.24) is 0 Å². The molecule has 156 valence electrons. The van der Waals surface area contributed by atoms with Gasteiger partial charge in [0.25, 0.3) is 0 Å². The molecule has 0 aliphatic heterocycles. The Hall–Kier alpha value is -2.76. The average Bonchev–Trinajstić information content (AvgIpc) is 2.76. The van der Waals surface area contributed by atoms with Gasteiger partial charge in [0.2, 0.25) is 0 Å².